The van der Waals surface area contributed by atoms with Crippen LogP contribution in [0.5, 0.6) is 11.5 Å². The standard InChI is InChI=1S/C25H18Cl2N2O7S/c1-11-22(24(33)34-2)37-25(28-11)29-19(12-3-5-14(26)15(27)9-12)18(21(31)23(29)32)20(30)13-4-6-16-17(10-13)36-8-7-35-16/h3-6,9-10,19,30H,7-8H2,1-2H3. The third-order valence-electron chi connectivity index (χ3n) is 5.88. The van der Waals surface area contributed by atoms with Crippen molar-refractivity contribution in [3.05, 3.63) is 73.7 Å². The first-order valence-electron chi connectivity index (χ1n) is 10.9. The Labute approximate surface area is 224 Å². The Kier molecular flexibility index (Phi) is 6.57. The summed E-state index contributed by atoms with van der Waals surface area (Å²) < 4.78 is 15.9. The van der Waals surface area contributed by atoms with Crippen LogP contribution in [-0.4, -0.2) is 48.1 Å². The number of fused-ring (bicyclic) bond motifs is 1. The van der Waals surface area contributed by atoms with Gasteiger partial charge in [0.25, 0.3) is 5.78 Å². The summed E-state index contributed by atoms with van der Waals surface area (Å²) in [7, 11) is 1.23. The molecule has 1 unspecified atom stereocenters. The first kappa shape index (κ1) is 25.1. The predicted molar refractivity (Wildman–Crippen MR) is 137 cm³/mol. The lowest BCUT2D eigenvalue weighted by Crippen LogP contribution is -2.29. The van der Waals surface area contributed by atoms with Crippen LogP contribution in [0.2, 0.25) is 10.0 Å². The van der Waals surface area contributed by atoms with Crippen LogP contribution in [0.25, 0.3) is 5.76 Å². The van der Waals surface area contributed by atoms with Crippen molar-refractivity contribution in [2.24, 2.45) is 0 Å². The van der Waals surface area contributed by atoms with Gasteiger partial charge in [0, 0.05) is 5.56 Å². The summed E-state index contributed by atoms with van der Waals surface area (Å²) >= 11 is 13.3. The van der Waals surface area contributed by atoms with E-state index in [0.717, 1.165) is 16.2 Å². The molecule has 3 heterocycles. The highest BCUT2D eigenvalue weighted by atomic mass is 35.5. The number of benzene rings is 2. The smallest absolute Gasteiger partial charge is 0.350 e. The second-order valence-electron chi connectivity index (χ2n) is 8.10. The molecule has 0 aliphatic carbocycles. The number of amides is 1. The molecule has 0 saturated carbocycles. The number of carbonyl (C=O) groups is 3. The Morgan fingerprint density at radius 3 is 2.54 bits per heavy atom. The molecule has 37 heavy (non-hydrogen) atoms. The monoisotopic (exact) mass is 560 g/mol. The maximum atomic E-state index is 13.4. The maximum Gasteiger partial charge on any atom is 0.350 e. The predicted octanol–water partition coefficient (Wildman–Crippen LogP) is 4.94. The molecule has 0 radical (unpaired) electrons. The quantitative estimate of drug-likeness (QED) is 0.206. The summed E-state index contributed by atoms with van der Waals surface area (Å²) in [6, 6.07) is 8.22. The number of rotatable bonds is 4. The maximum absolute atomic E-state index is 13.4. The van der Waals surface area contributed by atoms with E-state index in [-0.39, 0.29) is 31.2 Å². The first-order valence-corrected chi connectivity index (χ1v) is 12.5. The zero-order chi connectivity index (χ0) is 26.4. The number of methoxy groups -OCH3 is 1. The number of halogens is 2. The Morgan fingerprint density at radius 2 is 1.84 bits per heavy atom. The van der Waals surface area contributed by atoms with Gasteiger partial charge in [0.2, 0.25) is 0 Å². The molecule has 5 rings (SSSR count). The van der Waals surface area contributed by atoms with Crippen molar-refractivity contribution >= 4 is 63.1 Å². The van der Waals surface area contributed by atoms with Crippen LogP contribution < -0.4 is 14.4 Å². The molecule has 1 N–H and O–H groups in total. The number of thiazole rings is 1. The van der Waals surface area contributed by atoms with Gasteiger partial charge in [-0.1, -0.05) is 40.6 Å². The van der Waals surface area contributed by atoms with Gasteiger partial charge in [-0.25, -0.2) is 9.78 Å². The molecule has 1 amide bonds. The van der Waals surface area contributed by atoms with Crippen LogP contribution in [0.4, 0.5) is 5.13 Å². The van der Waals surface area contributed by atoms with Crippen LogP contribution in [0, 0.1) is 6.92 Å². The molecule has 190 valence electrons. The molecule has 12 heteroatoms. The molecule has 1 atom stereocenters. The van der Waals surface area contributed by atoms with E-state index >= 15 is 0 Å². The SMILES string of the molecule is COC(=O)c1sc(N2C(=O)C(=O)C(=C(O)c3ccc4c(c3)OCCO4)C2c2ccc(Cl)c(Cl)c2)nc1C. The van der Waals surface area contributed by atoms with Gasteiger partial charge in [0.15, 0.2) is 16.6 Å². The highest BCUT2D eigenvalue weighted by Gasteiger charge is 2.48. The summed E-state index contributed by atoms with van der Waals surface area (Å²) in [4.78, 5) is 44.6. The van der Waals surface area contributed by atoms with Gasteiger partial charge in [-0.3, -0.25) is 14.5 Å². The number of aryl methyl sites for hydroxylation is 1. The average Bonchev–Trinajstić information content (AvgIpc) is 3.41. The van der Waals surface area contributed by atoms with Crippen LogP contribution in [-0.2, 0) is 14.3 Å². The van der Waals surface area contributed by atoms with E-state index < -0.39 is 29.5 Å². The highest BCUT2D eigenvalue weighted by molar-refractivity contribution is 7.17. The largest absolute Gasteiger partial charge is 0.507 e. The first-order chi connectivity index (χ1) is 17.7. The zero-order valence-electron chi connectivity index (χ0n) is 19.4. The topological polar surface area (TPSA) is 115 Å². The van der Waals surface area contributed by atoms with Crippen LogP contribution >= 0.6 is 34.5 Å². The van der Waals surface area contributed by atoms with Gasteiger partial charge < -0.3 is 19.3 Å². The Bertz CT molecular complexity index is 1500. The van der Waals surface area contributed by atoms with Crippen LogP contribution in [0.1, 0.15) is 32.5 Å². The molecule has 1 aromatic heterocycles. The number of ketones is 1. The summed E-state index contributed by atoms with van der Waals surface area (Å²) in [5, 5.41) is 11.9. The number of anilines is 1. The number of carbonyl (C=O) groups excluding carboxylic acids is 3. The van der Waals surface area contributed by atoms with Gasteiger partial charge >= 0.3 is 11.9 Å². The Morgan fingerprint density at radius 1 is 1.11 bits per heavy atom. The number of Topliss-reactive ketones (excluding diaryl/α,β-unsaturated/α-hetero) is 1. The third kappa shape index (κ3) is 4.30. The van der Waals surface area contributed by atoms with Gasteiger partial charge in [0.1, 0.15) is 23.9 Å². The molecular formula is C25H18Cl2N2O7S. The van der Waals surface area contributed by atoms with Gasteiger partial charge in [-0.05, 0) is 42.8 Å². The molecular weight excluding hydrogens is 543 g/mol. The fourth-order valence-electron chi connectivity index (χ4n) is 4.14. The van der Waals surface area contributed by atoms with Crippen molar-refractivity contribution in [1.82, 2.24) is 4.98 Å². The lowest BCUT2D eigenvalue weighted by atomic mass is 9.95. The highest BCUT2D eigenvalue weighted by Crippen LogP contribution is 2.45. The van der Waals surface area contributed by atoms with Crippen LogP contribution in [0.3, 0.4) is 0 Å². The van der Waals surface area contributed by atoms with E-state index in [1.807, 2.05) is 0 Å². The van der Waals surface area contributed by atoms with Crippen molar-refractivity contribution in [3.8, 4) is 11.5 Å². The van der Waals surface area contributed by atoms with Crippen molar-refractivity contribution < 1.29 is 33.7 Å². The molecule has 3 aromatic rings. The average molecular weight is 561 g/mol. The van der Waals surface area contributed by atoms with E-state index in [2.05, 4.69) is 4.98 Å². The van der Waals surface area contributed by atoms with Gasteiger partial charge in [-0.2, -0.15) is 0 Å². The summed E-state index contributed by atoms with van der Waals surface area (Å²) in [6.07, 6.45) is 0. The van der Waals surface area contributed by atoms with Gasteiger partial charge in [0.05, 0.1) is 34.5 Å². The molecule has 0 bridgehead atoms. The van der Waals surface area contributed by atoms with E-state index in [9.17, 15) is 19.5 Å². The van der Waals surface area contributed by atoms with E-state index in [1.54, 1.807) is 25.1 Å². The lowest BCUT2D eigenvalue weighted by molar-refractivity contribution is -0.132. The second-order valence-corrected chi connectivity index (χ2v) is 9.90. The normalized spacial score (nSPS) is 18.3. The third-order valence-corrected chi connectivity index (χ3v) is 7.76. The molecule has 9 nitrogen and oxygen atoms in total. The minimum Gasteiger partial charge on any atom is -0.507 e. The minimum atomic E-state index is -1.11. The number of hydrogen-bond donors (Lipinski definition) is 1. The number of hydrogen-bond acceptors (Lipinski definition) is 9. The summed E-state index contributed by atoms with van der Waals surface area (Å²) in [5.41, 5.74) is 0.791. The van der Waals surface area contributed by atoms with E-state index in [1.165, 1.54) is 25.3 Å². The molecule has 0 spiro atoms. The van der Waals surface area contributed by atoms with Crippen molar-refractivity contribution in [2.75, 3.05) is 25.2 Å². The number of ether oxygens (including phenoxy) is 3. The molecule has 2 aliphatic heterocycles. The van der Waals surface area contributed by atoms with Crippen molar-refractivity contribution in [1.29, 1.82) is 0 Å². The molecule has 2 aromatic carbocycles. The summed E-state index contributed by atoms with van der Waals surface area (Å²) in [5.74, 6) is -2.02. The fourth-order valence-corrected chi connectivity index (χ4v) is 5.46. The fraction of sp³-hybridized carbons (Fsp3) is 0.200. The Hall–Kier alpha value is -3.60. The minimum absolute atomic E-state index is 0.0808. The van der Waals surface area contributed by atoms with Gasteiger partial charge in [-0.15, -0.1) is 0 Å². The molecule has 1 saturated heterocycles. The summed E-state index contributed by atoms with van der Waals surface area (Å²) in [6.45, 7) is 2.31. The molecule has 1 fully saturated rings. The zero-order valence-corrected chi connectivity index (χ0v) is 21.7. The number of aliphatic hydroxyl groups is 1. The lowest BCUT2D eigenvalue weighted by Gasteiger charge is -2.23. The van der Waals surface area contributed by atoms with Crippen molar-refractivity contribution in [3.63, 3.8) is 0 Å². The van der Waals surface area contributed by atoms with E-state index in [4.69, 9.17) is 37.4 Å². The van der Waals surface area contributed by atoms with E-state index in [0.29, 0.717) is 36.0 Å². The van der Waals surface area contributed by atoms with Crippen molar-refractivity contribution in [2.45, 2.75) is 13.0 Å². The Balaban J connectivity index is 1.70. The second kappa shape index (κ2) is 9.70. The number of aliphatic hydroxyl groups excluding tert-OH is 1. The van der Waals surface area contributed by atoms with Crippen LogP contribution in [0.15, 0.2) is 42.0 Å². The molecule has 2 aliphatic rings. The number of esters is 1. The number of aromatic nitrogens is 1. The number of nitrogens with zero attached hydrogens (tertiary/aromatic N) is 2.